The fourth-order valence-corrected chi connectivity index (χ4v) is 1.44. The third-order valence-electron chi connectivity index (χ3n) is 2.23. The largest absolute Gasteiger partial charge is 0.384 e. The molecule has 1 aromatic rings. The number of azide groups is 1. The Hall–Kier alpha value is -2.11. The summed E-state index contributed by atoms with van der Waals surface area (Å²) in [5.41, 5.74) is 9.61. The quantitative estimate of drug-likeness (QED) is 0.249. The summed E-state index contributed by atoms with van der Waals surface area (Å²) in [4.78, 5) is 13.0. The molecule has 0 N–H and O–H groups in total. The molecule has 0 amide bonds. The van der Waals surface area contributed by atoms with Crippen molar-refractivity contribution < 1.29 is 9.66 Å². The Morgan fingerprint density at radius 1 is 1.59 bits per heavy atom. The van der Waals surface area contributed by atoms with Gasteiger partial charge in [0.25, 0.3) is 5.69 Å². The molecule has 1 rings (SSSR count). The highest BCUT2D eigenvalue weighted by molar-refractivity contribution is 5.43. The topological polar surface area (TPSA) is 101 Å². The van der Waals surface area contributed by atoms with Crippen molar-refractivity contribution in [3.8, 4) is 0 Å². The minimum absolute atomic E-state index is 0.0618. The molecular formula is C10H12N4O3. The van der Waals surface area contributed by atoms with Gasteiger partial charge in [-0.05, 0) is 17.2 Å². The lowest BCUT2D eigenvalue weighted by Crippen LogP contribution is -2.01. The van der Waals surface area contributed by atoms with Crippen LogP contribution in [0.15, 0.2) is 23.3 Å². The van der Waals surface area contributed by atoms with E-state index in [2.05, 4.69) is 10.0 Å². The number of ether oxygens (including phenoxy) is 1. The van der Waals surface area contributed by atoms with Crippen molar-refractivity contribution in [2.45, 2.75) is 13.0 Å². The summed E-state index contributed by atoms with van der Waals surface area (Å²) < 4.78 is 4.90. The van der Waals surface area contributed by atoms with E-state index in [0.29, 0.717) is 18.6 Å². The Kier molecular flexibility index (Phi) is 4.93. The van der Waals surface area contributed by atoms with Gasteiger partial charge in [-0.1, -0.05) is 11.2 Å². The summed E-state index contributed by atoms with van der Waals surface area (Å²) in [6.45, 7) is 0.598. The molecule has 0 aliphatic rings. The molecule has 0 heterocycles. The molecule has 90 valence electrons. The highest BCUT2D eigenvalue weighted by atomic mass is 16.6. The average Bonchev–Trinajstić information content (AvgIpc) is 2.33. The first-order chi connectivity index (χ1) is 8.19. The van der Waals surface area contributed by atoms with Crippen LogP contribution in [0.25, 0.3) is 10.4 Å². The van der Waals surface area contributed by atoms with E-state index in [4.69, 9.17) is 10.3 Å². The molecule has 0 saturated heterocycles. The summed E-state index contributed by atoms with van der Waals surface area (Å²) in [5, 5.41) is 14.2. The number of benzene rings is 1. The number of nitrogens with zero attached hydrogens (tertiary/aromatic N) is 4. The number of hydrogen-bond acceptors (Lipinski definition) is 4. The van der Waals surface area contributed by atoms with E-state index in [1.165, 1.54) is 13.2 Å². The van der Waals surface area contributed by atoms with Gasteiger partial charge in [-0.2, -0.15) is 0 Å². The molecule has 0 aromatic heterocycles. The van der Waals surface area contributed by atoms with Crippen LogP contribution < -0.4 is 0 Å². The highest BCUT2D eigenvalue weighted by Gasteiger charge is 2.13. The Labute approximate surface area is 97.8 Å². The number of rotatable bonds is 6. The maximum atomic E-state index is 10.8. The van der Waals surface area contributed by atoms with Crippen LogP contribution in [0.2, 0.25) is 0 Å². The normalized spacial score (nSPS) is 9.71. The molecule has 0 atom stereocenters. The van der Waals surface area contributed by atoms with Crippen LogP contribution in [0, 0.1) is 10.1 Å². The smallest absolute Gasteiger partial charge is 0.272 e. The van der Waals surface area contributed by atoms with Gasteiger partial charge in [0.1, 0.15) is 0 Å². The van der Waals surface area contributed by atoms with Gasteiger partial charge in [0, 0.05) is 30.1 Å². The maximum Gasteiger partial charge on any atom is 0.272 e. The lowest BCUT2D eigenvalue weighted by Gasteiger charge is -2.04. The molecule has 0 spiro atoms. The Morgan fingerprint density at radius 3 is 2.94 bits per heavy atom. The molecule has 0 unspecified atom stereocenters. The summed E-state index contributed by atoms with van der Waals surface area (Å²) in [6, 6.07) is 4.68. The van der Waals surface area contributed by atoms with E-state index in [-0.39, 0.29) is 12.2 Å². The lowest BCUT2D eigenvalue weighted by molar-refractivity contribution is -0.385. The lowest BCUT2D eigenvalue weighted by atomic mass is 10.1. The Balaban J connectivity index is 3.00. The average molecular weight is 236 g/mol. The molecule has 1 aromatic carbocycles. The molecule has 0 aliphatic carbocycles. The minimum atomic E-state index is -0.428. The third-order valence-corrected chi connectivity index (χ3v) is 2.23. The van der Waals surface area contributed by atoms with Crippen LogP contribution in [0.4, 0.5) is 5.69 Å². The van der Waals surface area contributed by atoms with Gasteiger partial charge in [0.15, 0.2) is 0 Å². The van der Waals surface area contributed by atoms with Gasteiger partial charge < -0.3 is 4.74 Å². The van der Waals surface area contributed by atoms with E-state index >= 15 is 0 Å². The van der Waals surface area contributed by atoms with E-state index in [0.717, 1.165) is 5.56 Å². The van der Waals surface area contributed by atoms with Crippen molar-refractivity contribution >= 4 is 5.69 Å². The van der Waals surface area contributed by atoms with E-state index < -0.39 is 4.92 Å². The number of hydrogen-bond donors (Lipinski definition) is 0. The van der Waals surface area contributed by atoms with Crippen molar-refractivity contribution in [1.29, 1.82) is 0 Å². The molecule has 0 bridgehead atoms. The number of nitro groups is 1. The van der Waals surface area contributed by atoms with Gasteiger partial charge >= 0.3 is 0 Å². The fourth-order valence-electron chi connectivity index (χ4n) is 1.44. The summed E-state index contributed by atoms with van der Waals surface area (Å²) >= 11 is 0. The first-order valence-corrected chi connectivity index (χ1v) is 4.95. The number of nitro benzene ring substituents is 1. The molecule has 0 aliphatic heterocycles. The van der Waals surface area contributed by atoms with Gasteiger partial charge in [-0.15, -0.1) is 0 Å². The molecule has 17 heavy (non-hydrogen) atoms. The molecule has 0 radical (unpaired) electrons. The van der Waals surface area contributed by atoms with Crippen LogP contribution in [0.5, 0.6) is 0 Å². The van der Waals surface area contributed by atoms with Gasteiger partial charge in [0.2, 0.25) is 0 Å². The highest BCUT2D eigenvalue weighted by Crippen LogP contribution is 2.21. The van der Waals surface area contributed by atoms with Gasteiger partial charge in [0.05, 0.1) is 18.1 Å². The second kappa shape index (κ2) is 6.47. The van der Waals surface area contributed by atoms with Crippen molar-refractivity contribution in [3.63, 3.8) is 0 Å². The zero-order valence-corrected chi connectivity index (χ0v) is 9.37. The number of methoxy groups -OCH3 is 1. The first kappa shape index (κ1) is 13.0. The van der Waals surface area contributed by atoms with Crippen molar-refractivity contribution in [3.05, 3.63) is 49.9 Å². The maximum absolute atomic E-state index is 10.8. The molecule has 7 heteroatoms. The van der Waals surface area contributed by atoms with Crippen LogP contribution in [-0.2, 0) is 17.7 Å². The summed E-state index contributed by atoms with van der Waals surface area (Å²) in [6.07, 6.45) is 0.455. The summed E-state index contributed by atoms with van der Waals surface area (Å²) in [7, 11) is 1.54. The zero-order chi connectivity index (χ0) is 12.7. The van der Waals surface area contributed by atoms with E-state index in [1.54, 1.807) is 12.1 Å². The zero-order valence-electron chi connectivity index (χ0n) is 9.37. The molecule has 7 nitrogen and oxygen atoms in total. The predicted molar refractivity (Wildman–Crippen MR) is 61.5 cm³/mol. The van der Waals surface area contributed by atoms with Crippen molar-refractivity contribution in [1.82, 2.24) is 0 Å². The van der Waals surface area contributed by atoms with Crippen LogP contribution in [0.3, 0.4) is 0 Å². The van der Waals surface area contributed by atoms with Crippen molar-refractivity contribution in [2.24, 2.45) is 5.11 Å². The van der Waals surface area contributed by atoms with Crippen LogP contribution >= 0.6 is 0 Å². The predicted octanol–water partition coefficient (Wildman–Crippen LogP) is 2.59. The monoisotopic (exact) mass is 236 g/mol. The van der Waals surface area contributed by atoms with Gasteiger partial charge in [-0.25, -0.2) is 0 Å². The minimum Gasteiger partial charge on any atom is -0.384 e. The fraction of sp³-hybridized carbons (Fsp3) is 0.400. The summed E-state index contributed by atoms with van der Waals surface area (Å²) in [5.74, 6) is 0. The standard InChI is InChI=1S/C10H12N4O3/c1-17-5-4-9-6-8(7-12-13-11)2-3-10(9)14(15)16/h2-3,6H,4-5,7H2,1H3. The first-order valence-electron chi connectivity index (χ1n) is 4.95. The van der Waals surface area contributed by atoms with E-state index in [1.807, 2.05) is 0 Å². The second-order valence-electron chi connectivity index (χ2n) is 3.35. The third kappa shape index (κ3) is 3.75. The van der Waals surface area contributed by atoms with Gasteiger partial charge in [-0.3, -0.25) is 10.1 Å². The molecular weight excluding hydrogens is 224 g/mol. The Bertz CT molecular complexity index is 455. The Morgan fingerprint density at radius 2 is 2.35 bits per heavy atom. The van der Waals surface area contributed by atoms with E-state index in [9.17, 15) is 10.1 Å². The SMILES string of the molecule is COCCc1cc(CN=[N+]=[N-])ccc1[N+](=O)[O-]. The van der Waals surface area contributed by atoms with Crippen molar-refractivity contribution in [2.75, 3.05) is 13.7 Å². The molecule has 0 fully saturated rings. The molecule has 0 saturated carbocycles. The second-order valence-corrected chi connectivity index (χ2v) is 3.35. The van der Waals surface area contributed by atoms with Crippen LogP contribution in [0.1, 0.15) is 11.1 Å². The van der Waals surface area contributed by atoms with Crippen LogP contribution in [-0.4, -0.2) is 18.6 Å².